The number of nitrogens with one attached hydrogen (secondary N) is 1. The normalized spacial score (nSPS) is 11.4. The van der Waals surface area contributed by atoms with Gasteiger partial charge in [-0.05, 0) is 81.1 Å². The highest BCUT2D eigenvalue weighted by Crippen LogP contribution is 2.29. The topological polar surface area (TPSA) is 100 Å². The first kappa shape index (κ1) is 28.0. The third-order valence-electron chi connectivity index (χ3n) is 6.23. The molecule has 41 heavy (non-hydrogen) atoms. The van der Waals surface area contributed by atoms with Crippen molar-refractivity contribution in [3.8, 4) is 17.3 Å². The van der Waals surface area contributed by atoms with Gasteiger partial charge in [-0.3, -0.25) is 9.48 Å². The van der Waals surface area contributed by atoms with Crippen molar-refractivity contribution in [3.05, 3.63) is 90.0 Å². The van der Waals surface area contributed by atoms with Gasteiger partial charge in [0.15, 0.2) is 11.6 Å². The van der Waals surface area contributed by atoms with Crippen LogP contribution in [0.5, 0.6) is 5.75 Å². The molecule has 1 N–H and O–H groups in total. The second-order valence-electron chi connectivity index (χ2n) is 10.3. The molecule has 0 aliphatic heterocycles. The fraction of sp³-hybridized carbons (Fsp3) is 0.226. The van der Waals surface area contributed by atoms with E-state index in [0.717, 1.165) is 16.2 Å². The van der Waals surface area contributed by atoms with E-state index in [4.69, 9.17) is 19.6 Å². The third kappa shape index (κ3) is 6.28. The Balaban J connectivity index is 1.59. The lowest BCUT2D eigenvalue weighted by atomic mass is 10.2. The maximum Gasteiger partial charge on any atom is 0.420 e. The Morgan fingerprint density at radius 1 is 0.976 bits per heavy atom. The molecule has 0 fully saturated rings. The highest BCUT2D eigenvalue weighted by Gasteiger charge is 2.26. The number of carbonyl (C=O) groups is 2. The van der Waals surface area contributed by atoms with E-state index >= 15 is 0 Å². The Kier molecular flexibility index (Phi) is 7.85. The van der Waals surface area contributed by atoms with Gasteiger partial charge in [0.1, 0.15) is 17.0 Å². The molecule has 2 aromatic heterocycles. The summed E-state index contributed by atoms with van der Waals surface area (Å²) in [6.45, 7) is 5.81. The van der Waals surface area contributed by atoms with Crippen molar-refractivity contribution < 1.29 is 19.1 Å². The van der Waals surface area contributed by atoms with Gasteiger partial charge in [-0.15, -0.1) is 11.8 Å². The fourth-order valence-electron chi connectivity index (χ4n) is 4.30. The first-order chi connectivity index (χ1) is 19.6. The van der Waals surface area contributed by atoms with Crippen LogP contribution < -0.4 is 10.1 Å². The van der Waals surface area contributed by atoms with Gasteiger partial charge < -0.3 is 14.8 Å². The molecule has 2 heterocycles. The number of fused-ring (bicyclic) bond motifs is 1. The summed E-state index contributed by atoms with van der Waals surface area (Å²) >= 11 is 1.61. The smallest absolute Gasteiger partial charge is 0.420 e. The quantitative estimate of drug-likeness (QED) is 0.217. The number of methoxy groups -OCH3 is 1. The molecule has 0 spiro atoms. The number of rotatable bonds is 7. The molecule has 210 valence electrons. The van der Waals surface area contributed by atoms with Gasteiger partial charge in [0.25, 0.3) is 5.91 Å². The molecule has 10 heteroatoms. The van der Waals surface area contributed by atoms with Crippen LogP contribution in [0.1, 0.15) is 36.7 Å². The number of thioether (sulfide) groups is 1. The van der Waals surface area contributed by atoms with Crippen LogP contribution in [-0.2, 0) is 11.3 Å². The molecule has 0 unspecified atom stereocenters. The van der Waals surface area contributed by atoms with E-state index in [1.807, 2.05) is 87.7 Å². The lowest BCUT2D eigenvalue weighted by molar-refractivity contribution is 0.0546. The summed E-state index contributed by atoms with van der Waals surface area (Å²) in [5, 5.41) is 7.61. The molecular weight excluding hydrogens is 538 g/mol. The van der Waals surface area contributed by atoms with E-state index in [-0.39, 0.29) is 5.91 Å². The van der Waals surface area contributed by atoms with Crippen LogP contribution in [0.3, 0.4) is 0 Å². The van der Waals surface area contributed by atoms with E-state index in [1.165, 1.54) is 4.57 Å². The maximum absolute atomic E-state index is 13.5. The van der Waals surface area contributed by atoms with Crippen LogP contribution in [0.4, 0.5) is 10.6 Å². The summed E-state index contributed by atoms with van der Waals surface area (Å²) in [5.74, 6) is 1.13. The van der Waals surface area contributed by atoms with Crippen LogP contribution in [0.2, 0.25) is 0 Å². The van der Waals surface area contributed by atoms with Crippen molar-refractivity contribution >= 4 is 40.6 Å². The van der Waals surface area contributed by atoms with E-state index < -0.39 is 11.7 Å². The Morgan fingerprint density at radius 3 is 2.34 bits per heavy atom. The molecule has 5 rings (SSSR count). The van der Waals surface area contributed by atoms with Gasteiger partial charge >= 0.3 is 6.09 Å². The number of hydrogen-bond acceptors (Lipinski definition) is 7. The molecule has 9 nitrogen and oxygen atoms in total. The largest absolute Gasteiger partial charge is 0.497 e. The van der Waals surface area contributed by atoms with Crippen LogP contribution in [0.25, 0.3) is 22.6 Å². The number of carbonyl (C=O) groups excluding carboxylic acids is 2. The SMILES string of the molecule is COc1ccc(Cn2nc(NC(=O)c3ccc(SC)cc3)cc2-c2nc3ccccc3n2C(=O)OC(C)(C)C)cc1. The molecule has 0 aliphatic rings. The Labute approximate surface area is 242 Å². The fourth-order valence-corrected chi connectivity index (χ4v) is 4.71. The summed E-state index contributed by atoms with van der Waals surface area (Å²) in [7, 11) is 1.62. The first-order valence-corrected chi connectivity index (χ1v) is 14.2. The van der Waals surface area contributed by atoms with Crippen molar-refractivity contribution in [1.29, 1.82) is 0 Å². The molecule has 0 bridgehead atoms. The predicted octanol–water partition coefficient (Wildman–Crippen LogP) is 6.71. The zero-order chi connectivity index (χ0) is 29.1. The predicted molar refractivity (Wildman–Crippen MR) is 161 cm³/mol. The molecule has 5 aromatic rings. The number of benzene rings is 3. The monoisotopic (exact) mass is 569 g/mol. The number of ether oxygens (including phenoxy) is 2. The zero-order valence-corrected chi connectivity index (χ0v) is 24.4. The molecular formula is C31H31N5O4S. The number of aromatic nitrogens is 4. The lowest BCUT2D eigenvalue weighted by Crippen LogP contribution is -2.27. The van der Waals surface area contributed by atoms with Crippen LogP contribution in [0, 0.1) is 0 Å². The highest BCUT2D eigenvalue weighted by atomic mass is 32.2. The summed E-state index contributed by atoms with van der Waals surface area (Å²) in [6, 6.07) is 24.1. The minimum atomic E-state index is -0.714. The minimum absolute atomic E-state index is 0.293. The van der Waals surface area contributed by atoms with Crippen molar-refractivity contribution in [2.75, 3.05) is 18.7 Å². The van der Waals surface area contributed by atoms with E-state index in [2.05, 4.69) is 5.32 Å². The second-order valence-corrected chi connectivity index (χ2v) is 11.2. The molecule has 3 aromatic carbocycles. The van der Waals surface area contributed by atoms with Crippen molar-refractivity contribution in [1.82, 2.24) is 19.3 Å². The highest BCUT2D eigenvalue weighted by molar-refractivity contribution is 7.98. The first-order valence-electron chi connectivity index (χ1n) is 13.0. The van der Waals surface area contributed by atoms with Crippen LogP contribution in [0.15, 0.2) is 83.8 Å². The van der Waals surface area contributed by atoms with Crippen LogP contribution >= 0.6 is 11.8 Å². The van der Waals surface area contributed by atoms with Crippen molar-refractivity contribution in [2.45, 2.75) is 37.8 Å². The molecule has 0 aliphatic carbocycles. The summed E-state index contributed by atoms with van der Waals surface area (Å²) in [5.41, 5.74) is 2.51. The Morgan fingerprint density at radius 2 is 1.68 bits per heavy atom. The summed E-state index contributed by atoms with van der Waals surface area (Å²) < 4.78 is 14.2. The van der Waals surface area contributed by atoms with Gasteiger partial charge in [-0.1, -0.05) is 24.3 Å². The van der Waals surface area contributed by atoms with Crippen molar-refractivity contribution in [3.63, 3.8) is 0 Å². The van der Waals surface area contributed by atoms with E-state index in [0.29, 0.717) is 40.5 Å². The summed E-state index contributed by atoms with van der Waals surface area (Å²) in [6.07, 6.45) is 1.43. The van der Waals surface area contributed by atoms with Crippen LogP contribution in [-0.4, -0.2) is 50.3 Å². The van der Waals surface area contributed by atoms with Gasteiger partial charge in [0, 0.05) is 16.5 Å². The number of imidazole rings is 1. The van der Waals surface area contributed by atoms with Gasteiger partial charge in [-0.2, -0.15) is 5.10 Å². The lowest BCUT2D eigenvalue weighted by Gasteiger charge is -2.20. The van der Waals surface area contributed by atoms with E-state index in [1.54, 1.807) is 41.8 Å². The minimum Gasteiger partial charge on any atom is -0.497 e. The van der Waals surface area contributed by atoms with Gasteiger partial charge in [-0.25, -0.2) is 14.3 Å². The number of para-hydroxylation sites is 2. The second kappa shape index (κ2) is 11.5. The molecule has 0 radical (unpaired) electrons. The Hall–Kier alpha value is -4.57. The average molecular weight is 570 g/mol. The molecule has 0 atom stereocenters. The number of nitrogens with zero attached hydrogens (tertiary/aromatic N) is 4. The summed E-state index contributed by atoms with van der Waals surface area (Å²) in [4.78, 5) is 32.4. The average Bonchev–Trinajstić information content (AvgIpc) is 3.53. The van der Waals surface area contributed by atoms with Gasteiger partial charge in [0.05, 0.1) is 24.7 Å². The molecule has 0 saturated heterocycles. The number of anilines is 1. The molecule has 0 saturated carbocycles. The Bertz CT molecular complexity index is 1700. The third-order valence-corrected chi connectivity index (χ3v) is 6.97. The van der Waals surface area contributed by atoms with Gasteiger partial charge in [0.2, 0.25) is 0 Å². The zero-order valence-electron chi connectivity index (χ0n) is 23.5. The number of amides is 1. The number of hydrogen-bond donors (Lipinski definition) is 1. The molecule has 1 amide bonds. The standard InChI is InChI=1S/C31H31N5O4S/c1-31(2,3)40-30(38)36-25-9-7-6-8-24(25)32-28(36)26-18-27(33-29(37)21-12-16-23(41-5)17-13-21)34-35(26)19-20-10-14-22(39-4)15-11-20/h6-18H,19H2,1-5H3,(H,33,34,37). The van der Waals surface area contributed by atoms with E-state index in [9.17, 15) is 9.59 Å². The maximum atomic E-state index is 13.5. The van der Waals surface area contributed by atoms with Crippen molar-refractivity contribution in [2.24, 2.45) is 0 Å².